The quantitative estimate of drug-likeness (QED) is 0.692. The standard InChI is InChI=1S/C13H24N2O2/c1-10(2)8-11(12(16)17-5)15-7-6-13(3,4)9-14/h10-11,15H,6-8H2,1-5H3. The van der Waals surface area contributed by atoms with Gasteiger partial charge in [-0.05, 0) is 39.2 Å². The fourth-order valence-corrected chi connectivity index (χ4v) is 1.49. The van der Waals surface area contributed by atoms with Crippen LogP contribution in [0.4, 0.5) is 0 Å². The average Bonchev–Trinajstić information content (AvgIpc) is 2.26. The van der Waals surface area contributed by atoms with E-state index in [2.05, 4.69) is 25.2 Å². The zero-order chi connectivity index (χ0) is 13.5. The van der Waals surface area contributed by atoms with Gasteiger partial charge >= 0.3 is 5.97 Å². The molecule has 98 valence electrons. The second-order valence-electron chi connectivity index (χ2n) is 5.41. The highest BCUT2D eigenvalue weighted by molar-refractivity contribution is 5.75. The first kappa shape index (κ1) is 15.9. The molecule has 4 nitrogen and oxygen atoms in total. The summed E-state index contributed by atoms with van der Waals surface area (Å²) in [6, 6.07) is 1.97. The van der Waals surface area contributed by atoms with Crippen LogP contribution in [0.1, 0.15) is 40.5 Å². The molecular weight excluding hydrogens is 216 g/mol. The number of ether oxygens (including phenoxy) is 1. The number of nitrogens with one attached hydrogen (secondary N) is 1. The number of hydrogen-bond acceptors (Lipinski definition) is 4. The lowest BCUT2D eigenvalue weighted by Crippen LogP contribution is -2.40. The van der Waals surface area contributed by atoms with E-state index in [-0.39, 0.29) is 17.4 Å². The van der Waals surface area contributed by atoms with Crippen molar-refractivity contribution in [2.75, 3.05) is 13.7 Å². The molecule has 0 saturated carbocycles. The summed E-state index contributed by atoms with van der Waals surface area (Å²) in [5.74, 6) is 0.198. The highest BCUT2D eigenvalue weighted by atomic mass is 16.5. The molecule has 17 heavy (non-hydrogen) atoms. The number of carbonyl (C=O) groups excluding carboxylic acids is 1. The molecule has 4 heteroatoms. The summed E-state index contributed by atoms with van der Waals surface area (Å²) >= 11 is 0. The average molecular weight is 240 g/mol. The number of esters is 1. The first-order chi connectivity index (χ1) is 7.82. The molecule has 0 saturated heterocycles. The van der Waals surface area contributed by atoms with Crippen LogP contribution in [0.15, 0.2) is 0 Å². The number of rotatable bonds is 7. The summed E-state index contributed by atoms with van der Waals surface area (Å²) in [6.45, 7) is 8.56. The van der Waals surface area contributed by atoms with Crippen LogP contribution in [0, 0.1) is 22.7 Å². The maximum absolute atomic E-state index is 11.5. The first-order valence-corrected chi connectivity index (χ1v) is 6.05. The molecule has 1 N–H and O–H groups in total. The second kappa shape index (κ2) is 7.29. The van der Waals surface area contributed by atoms with E-state index in [1.807, 2.05) is 13.8 Å². The maximum Gasteiger partial charge on any atom is 0.322 e. The van der Waals surface area contributed by atoms with Crippen molar-refractivity contribution in [3.05, 3.63) is 0 Å². The van der Waals surface area contributed by atoms with Crippen LogP contribution in [0.5, 0.6) is 0 Å². The van der Waals surface area contributed by atoms with Gasteiger partial charge in [0.2, 0.25) is 0 Å². The van der Waals surface area contributed by atoms with Crippen molar-refractivity contribution in [2.24, 2.45) is 11.3 Å². The van der Waals surface area contributed by atoms with E-state index in [0.29, 0.717) is 12.5 Å². The minimum atomic E-state index is -0.356. The van der Waals surface area contributed by atoms with Crippen LogP contribution in [0.25, 0.3) is 0 Å². The molecule has 1 atom stereocenters. The van der Waals surface area contributed by atoms with Gasteiger partial charge in [0.1, 0.15) is 6.04 Å². The van der Waals surface area contributed by atoms with Crippen molar-refractivity contribution < 1.29 is 9.53 Å². The molecule has 0 spiro atoms. The maximum atomic E-state index is 11.5. The summed E-state index contributed by atoms with van der Waals surface area (Å²) < 4.78 is 4.76. The highest BCUT2D eigenvalue weighted by Gasteiger charge is 2.22. The van der Waals surface area contributed by atoms with Gasteiger partial charge in [-0.2, -0.15) is 5.26 Å². The Morgan fingerprint density at radius 2 is 2.06 bits per heavy atom. The zero-order valence-electron chi connectivity index (χ0n) is 11.5. The Balaban J connectivity index is 4.18. The zero-order valence-corrected chi connectivity index (χ0v) is 11.5. The molecule has 0 amide bonds. The van der Waals surface area contributed by atoms with Crippen LogP contribution >= 0.6 is 0 Å². The molecule has 0 radical (unpaired) electrons. The van der Waals surface area contributed by atoms with Crippen molar-refractivity contribution in [3.8, 4) is 6.07 Å². The summed E-state index contributed by atoms with van der Waals surface area (Å²) in [4.78, 5) is 11.5. The normalized spacial score (nSPS) is 13.2. The first-order valence-electron chi connectivity index (χ1n) is 6.05. The fourth-order valence-electron chi connectivity index (χ4n) is 1.49. The molecule has 1 unspecified atom stereocenters. The van der Waals surface area contributed by atoms with E-state index < -0.39 is 0 Å². The van der Waals surface area contributed by atoms with E-state index in [1.165, 1.54) is 7.11 Å². The third-order valence-corrected chi connectivity index (χ3v) is 2.64. The van der Waals surface area contributed by atoms with Gasteiger partial charge in [-0.3, -0.25) is 4.79 Å². The molecule has 0 aliphatic carbocycles. The molecular formula is C13H24N2O2. The van der Waals surface area contributed by atoms with Crippen LogP contribution in [-0.2, 0) is 9.53 Å². The second-order valence-corrected chi connectivity index (χ2v) is 5.41. The van der Waals surface area contributed by atoms with Crippen LogP contribution in [-0.4, -0.2) is 25.7 Å². The molecule has 0 bridgehead atoms. The monoisotopic (exact) mass is 240 g/mol. The van der Waals surface area contributed by atoms with Crippen LogP contribution in [0.3, 0.4) is 0 Å². The van der Waals surface area contributed by atoms with E-state index in [4.69, 9.17) is 10.00 Å². The number of hydrogen-bond donors (Lipinski definition) is 1. The number of carbonyl (C=O) groups is 1. The topological polar surface area (TPSA) is 62.1 Å². The molecule has 0 aliphatic rings. The Labute approximate surface area is 104 Å². The van der Waals surface area contributed by atoms with Gasteiger partial charge in [0.05, 0.1) is 18.6 Å². The van der Waals surface area contributed by atoms with Crippen LogP contribution in [0.2, 0.25) is 0 Å². The largest absolute Gasteiger partial charge is 0.468 e. The minimum absolute atomic E-state index is 0.228. The van der Waals surface area contributed by atoms with Crippen molar-refractivity contribution in [1.29, 1.82) is 5.26 Å². The summed E-state index contributed by atoms with van der Waals surface area (Å²) in [6.07, 6.45) is 1.47. The third kappa shape index (κ3) is 6.96. The SMILES string of the molecule is COC(=O)C(CC(C)C)NCCC(C)(C)C#N. The molecule has 0 aromatic carbocycles. The number of nitriles is 1. The minimum Gasteiger partial charge on any atom is -0.468 e. The Hall–Kier alpha value is -1.08. The smallest absolute Gasteiger partial charge is 0.322 e. The Morgan fingerprint density at radius 1 is 1.47 bits per heavy atom. The number of nitrogens with zero attached hydrogens (tertiary/aromatic N) is 1. The van der Waals surface area contributed by atoms with Crippen molar-refractivity contribution in [2.45, 2.75) is 46.6 Å². The van der Waals surface area contributed by atoms with Gasteiger partial charge in [-0.15, -0.1) is 0 Å². The third-order valence-electron chi connectivity index (χ3n) is 2.64. The Kier molecular flexibility index (Phi) is 6.82. The van der Waals surface area contributed by atoms with Crippen molar-refractivity contribution >= 4 is 5.97 Å². The summed E-state index contributed by atoms with van der Waals surface area (Å²) in [5, 5.41) is 12.1. The van der Waals surface area contributed by atoms with E-state index in [1.54, 1.807) is 0 Å². The molecule has 0 heterocycles. The van der Waals surface area contributed by atoms with E-state index >= 15 is 0 Å². The van der Waals surface area contributed by atoms with Crippen LogP contribution < -0.4 is 5.32 Å². The van der Waals surface area contributed by atoms with E-state index in [0.717, 1.165) is 12.8 Å². The molecule has 0 rings (SSSR count). The molecule has 0 aromatic rings. The molecule has 0 fully saturated rings. The predicted octanol–water partition coefficient (Wildman–Crippen LogP) is 2.10. The predicted molar refractivity (Wildman–Crippen MR) is 67.3 cm³/mol. The van der Waals surface area contributed by atoms with Gasteiger partial charge in [0.15, 0.2) is 0 Å². The van der Waals surface area contributed by atoms with Gasteiger partial charge in [0, 0.05) is 0 Å². The van der Waals surface area contributed by atoms with Gasteiger partial charge in [-0.25, -0.2) is 0 Å². The Morgan fingerprint density at radius 3 is 2.47 bits per heavy atom. The lowest BCUT2D eigenvalue weighted by atomic mass is 9.91. The molecule has 0 aliphatic heterocycles. The van der Waals surface area contributed by atoms with Gasteiger partial charge < -0.3 is 10.1 Å². The lowest BCUT2D eigenvalue weighted by Gasteiger charge is -2.21. The lowest BCUT2D eigenvalue weighted by molar-refractivity contribution is -0.143. The number of methoxy groups -OCH3 is 1. The van der Waals surface area contributed by atoms with Gasteiger partial charge in [-0.1, -0.05) is 13.8 Å². The fraction of sp³-hybridized carbons (Fsp3) is 0.846. The van der Waals surface area contributed by atoms with Gasteiger partial charge in [0.25, 0.3) is 0 Å². The van der Waals surface area contributed by atoms with Crippen molar-refractivity contribution in [3.63, 3.8) is 0 Å². The molecule has 0 aromatic heterocycles. The summed E-state index contributed by atoms with van der Waals surface area (Å²) in [5.41, 5.74) is -0.356. The Bertz CT molecular complexity index is 280. The van der Waals surface area contributed by atoms with Crippen molar-refractivity contribution in [1.82, 2.24) is 5.32 Å². The van der Waals surface area contributed by atoms with E-state index in [9.17, 15) is 4.79 Å². The summed E-state index contributed by atoms with van der Waals surface area (Å²) in [7, 11) is 1.40. The highest BCUT2D eigenvalue weighted by Crippen LogP contribution is 2.17.